The third-order valence-corrected chi connectivity index (χ3v) is 2.85. The number of pyridine rings is 1. The van der Waals surface area contributed by atoms with E-state index in [0.29, 0.717) is 29.4 Å². The van der Waals surface area contributed by atoms with Crippen LogP contribution in [0.25, 0.3) is 0 Å². The Morgan fingerprint density at radius 2 is 2.33 bits per heavy atom. The van der Waals surface area contributed by atoms with Crippen LogP contribution in [0.15, 0.2) is 16.7 Å². The molecule has 15 heavy (non-hydrogen) atoms. The number of hydrogen-bond acceptors (Lipinski definition) is 3. The van der Waals surface area contributed by atoms with Crippen molar-refractivity contribution in [2.45, 2.75) is 18.9 Å². The van der Waals surface area contributed by atoms with Gasteiger partial charge in [0.2, 0.25) is 0 Å². The third kappa shape index (κ3) is 2.46. The van der Waals surface area contributed by atoms with E-state index in [9.17, 15) is 4.39 Å². The zero-order chi connectivity index (χ0) is 10.8. The molecule has 3 nitrogen and oxygen atoms in total. The summed E-state index contributed by atoms with van der Waals surface area (Å²) in [6, 6.07) is 1.87. The van der Waals surface area contributed by atoms with Crippen molar-refractivity contribution in [2.24, 2.45) is 5.73 Å². The lowest BCUT2D eigenvalue weighted by Crippen LogP contribution is -2.32. The Bertz CT molecular complexity index is 355. The lowest BCUT2D eigenvalue weighted by Gasteiger charge is -2.23. The van der Waals surface area contributed by atoms with Crippen LogP contribution in [0.1, 0.15) is 12.8 Å². The molecular weight excluding hydrogens is 261 g/mol. The van der Waals surface area contributed by atoms with E-state index >= 15 is 0 Å². The Morgan fingerprint density at radius 3 is 2.87 bits per heavy atom. The second-order valence-electron chi connectivity index (χ2n) is 3.67. The molecule has 0 amide bonds. The van der Waals surface area contributed by atoms with Crippen LogP contribution in [0.2, 0.25) is 0 Å². The monoisotopic (exact) mass is 273 g/mol. The minimum absolute atomic E-state index is 0.287. The number of rotatable bonds is 4. The molecule has 0 spiro atoms. The van der Waals surface area contributed by atoms with Crippen LogP contribution < -0.4 is 10.6 Å². The highest BCUT2D eigenvalue weighted by molar-refractivity contribution is 9.10. The number of hydrogen-bond donors (Lipinski definition) is 1. The first-order chi connectivity index (χ1) is 7.22. The van der Waals surface area contributed by atoms with Crippen LogP contribution in [-0.4, -0.2) is 24.1 Å². The molecule has 0 aromatic carbocycles. The molecule has 2 N–H and O–H groups in total. The van der Waals surface area contributed by atoms with Gasteiger partial charge in [0.05, 0.1) is 0 Å². The van der Waals surface area contributed by atoms with Crippen LogP contribution in [0, 0.1) is 5.82 Å². The summed E-state index contributed by atoms with van der Waals surface area (Å²) in [7, 11) is 0. The third-order valence-electron chi connectivity index (χ3n) is 2.42. The van der Waals surface area contributed by atoms with Gasteiger partial charge in [0, 0.05) is 29.8 Å². The molecule has 1 aliphatic rings. The Balaban J connectivity index is 2.24. The van der Waals surface area contributed by atoms with E-state index in [0.717, 1.165) is 12.8 Å². The summed E-state index contributed by atoms with van der Waals surface area (Å²) < 4.78 is 14.3. The Hall–Kier alpha value is -0.680. The first-order valence-electron chi connectivity index (χ1n) is 5.00. The molecule has 0 aliphatic heterocycles. The smallest absolute Gasteiger partial charge is 0.166 e. The van der Waals surface area contributed by atoms with Crippen LogP contribution in [-0.2, 0) is 0 Å². The van der Waals surface area contributed by atoms with Gasteiger partial charge in [-0.1, -0.05) is 0 Å². The predicted molar refractivity (Wildman–Crippen MR) is 61.3 cm³/mol. The zero-order valence-corrected chi connectivity index (χ0v) is 9.87. The first kappa shape index (κ1) is 10.8. The molecule has 82 valence electrons. The molecule has 2 rings (SSSR count). The highest BCUT2D eigenvalue weighted by Gasteiger charge is 2.30. The molecule has 1 aromatic rings. The molecule has 0 atom stereocenters. The SMILES string of the molecule is NCCN(c1ncc(Br)cc1F)C1CC1. The molecule has 1 saturated carbocycles. The van der Waals surface area contributed by atoms with Crippen molar-refractivity contribution in [3.63, 3.8) is 0 Å². The van der Waals surface area contributed by atoms with Gasteiger partial charge in [0.25, 0.3) is 0 Å². The van der Waals surface area contributed by atoms with Crippen molar-refractivity contribution in [3.05, 3.63) is 22.6 Å². The van der Waals surface area contributed by atoms with Crippen LogP contribution in [0.4, 0.5) is 10.2 Å². The molecule has 0 bridgehead atoms. The number of halogens is 2. The van der Waals surface area contributed by atoms with Crippen LogP contribution >= 0.6 is 15.9 Å². The number of aromatic nitrogens is 1. The van der Waals surface area contributed by atoms with E-state index in [4.69, 9.17) is 5.73 Å². The van der Waals surface area contributed by atoms with Gasteiger partial charge in [0.15, 0.2) is 11.6 Å². The average molecular weight is 274 g/mol. The molecule has 0 radical (unpaired) electrons. The molecular formula is C10H13BrFN3. The molecule has 5 heteroatoms. The first-order valence-corrected chi connectivity index (χ1v) is 5.79. The van der Waals surface area contributed by atoms with Gasteiger partial charge in [-0.3, -0.25) is 0 Å². The van der Waals surface area contributed by atoms with Crippen LogP contribution in [0.5, 0.6) is 0 Å². The predicted octanol–water partition coefficient (Wildman–Crippen LogP) is 1.91. The fourth-order valence-electron chi connectivity index (χ4n) is 1.61. The van der Waals surface area contributed by atoms with Gasteiger partial charge in [-0.2, -0.15) is 0 Å². The van der Waals surface area contributed by atoms with Gasteiger partial charge >= 0.3 is 0 Å². The number of nitrogens with two attached hydrogens (primary N) is 1. The zero-order valence-electron chi connectivity index (χ0n) is 8.29. The maximum absolute atomic E-state index is 13.6. The van der Waals surface area contributed by atoms with E-state index < -0.39 is 0 Å². The second-order valence-corrected chi connectivity index (χ2v) is 4.59. The topological polar surface area (TPSA) is 42.1 Å². The van der Waals surface area contributed by atoms with Crippen molar-refractivity contribution >= 4 is 21.7 Å². The number of nitrogens with zero attached hydrogens (tertiary/aromatic N) is 2. The Kier molecular flexibility index (Phi) is 3.21. The quantitative estimate of drug-likeness (QED) is 0.912. The largest absolute Gasteiger partial charge is 0.350 e. The summed E-state index contributed by atoms with van der Waals surface area (Å²) in [5.41, 5.74) is 5.51. The summed E-state index contributed by atoms with van der Waals surface area (Å²) in [6.07, 6.45) is 3.83. The summed E-state index contributed by atoms with van der Waals surface area (Å²) in [6.45, 7) is 1.18. The highest BCUT2D eigenvalue weighted by Crippen LogP contribution is 2.32. The molecule has 1 aliphatic carbocycles. The Morgan fingerprint density at radius 1 is 1.60 bits per heavy atom. The summed E-state index contributed by atoms with van der Waals surface area (Å²) in [5.74, 6) is 0.135. The van der Waals surface area contributed by atoms with Crippen LogP contribution in [0.3, 0.4) is 0 Å². The normalized spacial score (nSPS) is 15.4. The Labute approximate surface area is 96.6 Å². The lowest BCUT2D eigenvalue weighted by atomic mass is 10.3. The number of anilines is 1. The fraction of sp³-hybridized carbons (Fsp3) is 0.500. The van der Waals surface area contributed by atoms with Gasteiger partial charge < -0.3 is 10.6 Å². The van der Waals surface area contributed by atoms with E-state index in [2.05, 4.69) is 20.9 Å². The maximum Gasteiger partial charge on any atom is 0.166 e. The van der Waals surface area contributed by atoms with Crippen molar-refractivity contribution in [1.82, 2.24) is 4.98 Å². The minimum Gasteiger partial charge on any atom is -0.350 e. The summed E-state index contributed by atoms with van der Waals surface area (Å²) in [5, 5.41) is 0. The van der Waals surface area contributed by atoms with Gasteiger partial charge in [-0.15, -0.1) is 0 Å². The molecule has 1 aromatic heterocycles. The lowest BCUT2D eigenvalue weighted by molar-refractivity contribution is 0.606. The van der Waals surface area contributed by atoms with E-state index in [1.165, 1.54) is 6.07 Å². The van der Waals surface area contributed by atoms with Gasteiger partial charge in [0.1, 0.15) is 0 Å². The maximum atomic E-state index is 13.6. The van der Waals surface area contributed by atoms with Gasteiger partial charge in [-0.05, 0) is 34.8 Å². The van der Waals surface area contributed by atoms with Crippen molar-refractivity contribution in [3.8, 4) is 0 Å². The van der Waals surface area contributed by atoms with Crippen molar-refractivity contribution in [1.29, 1.82) is 0 Å². The minimum atomic E-state index is -0.287. The van der Waals surface area contributed by atoms with Crippen molar-refractivity contribution < 1.29 is 4.39 Å². The van der Waals surface area contributed by atoms with E-state index in [1.54, 1.807) is 6.20 Å². The second kappa shape index (κ2) is 4.45. The summed E-state index contributed by atoms with van der Waals surface area (Å²) >= 11 is 3.19. The molecule has 1 fully saturated rings. The molecule has 1 heterocycles. The molecule has 0 saturated heterocycles. The van der Waals surface area contributed by atoms with E-state index in [1.807, 2.05) is 4.90 Å². The van der Waals surface area contributed by atoms with Crippen molar-refractivity contribution in [2.75, 3.05) is 18.0 Å². The standard InChI is InChI=1S/C10H13BrFN3/c11-7-5-9(12)10(14-6-7)15(4-3-13)8-1-2-8/h5-6,8H,1-4,13H2. The highest BCUT2D eigenvalue weighted by atomic mass is 79.9. The average Bonchev–Trinajstić information content (AvgIpc) is 2.98. The summed E-state index contributed by atoms with van der Waals surface area (Å²) in [4.78, 5) is 6.07. The van der Waals surface area contributed by atoms with Gasteiger partial charge in [-0.25, -0.2) is 9.37 Å². The fourth-order valence-corrected chi connectivity index (χ4v) is 1.91. The molecule has 0 unspecified atom stereocenters. The van der Waals surface area contributed by atoms with E-state index in [-0.39, 0.29) is 5.82 Å².